The summed E-state index contributed by atoms with van der Waals surface area (Å²) in [7, 11) is 1.90. The predicted octanol–water partition coefficient (Wildman–Crippen LogP) is 4.79. The lowest BCUT2D eigenvalue weighted by Gasteiger charge is -2.21. The Morgan fingerprint density at radius 3 is 2.71 bits per heavy atom. The molecule has 176 valence electrons. The number of aromatic nitrogens is 2. The number of carbonyl (C=O) groups is 1. The van der Waals surface area contributed by atoms with Crippen LogP contribution in [0.15, 0.2) is 53.9 Å². The molecule has 1 aliphatic rings. The standard InChI is InChI=1S/C26H29N5O2S/c1-17-14-23(32)31(16-17)30-26-24(19(3)28-25(29-26)22-6-5-13-34-22)18(2)15-20-7-9-21(10-8-20)33-12-11-27-4/h5-10,13,15,27H,1,11-12,14,16H2,2-4H3,(H,28,29,30)/b18-15+. The summed E-state index contributed by atoms with van der Waals surface area (Å²) >= 11 is 1.58. The molecule has 2 N–H and O–H groups in total. The Balaban J connectivity index is 1.66. The second-order valence-electron chi connectivity index (χ2n) is 8.20. The molecule has 0 aliphatic carbocycles. The van der Waals surface area contributed by atoms with E-state index in [2.05, 4.69) is 23.4 Å². The first kappa shape index (κ1) is 23.7. The third-order valence-corrected chi connectivity index (χ3v) is 6.30. The topological polar surface area (TPSA) is 79.4 Å². The smallest absolute Gasteiger partial charge is 0.245 e. The van der Waals surface area contributed by atoms with Crippen LogP contribution in [0.4, 0.5) is 5.82 Å². The number of hydrogen-bond donors (Lipinski definition) is 2. The Kier molecular flexibility index (Phi) is 7.40. The maximum atomic E-state index is 12.4. The van der Waals surface area contributed by atoms with E-state index in [-0.39, 0.29) is 5.91 Å². The van der Waals surface area contributed by atoms with Crippen molar-refractivity contribution in [3.63, 3.8) is 0 Å². The zero-order chi connectivity index (χ0) is 24.1. The molecule has 0 saturated carbocycles. The number of hydrogen-bond acceptors (Lipinski definition) is 7. The Morgan fingerprint density at radius 1 is 1.26 bits per heavy atom. The molecule has 1 saturated heterocycles. The summed E-state index contributed by atoms with van der Waals surface area (Å²) in [5.41, 5.74) is 7.88. The molecule has 1 aliphatic heterocycles. The number of nitrogens with one attached hydrogen (secondary N) is 2. The van der Waals surface area contributed by atoms with Crippen LogP contribution in [-0.4, -0.2) is 47.6 Å². The number of likely N-dealkylation sites (N-methyl/N-ethyl adjacent to an activating group) is 1. The number of benzene rings is 1. The van der Waals surface area contributed by atoms with E-state index >= 15 is 0 Å². The molecule has 2 aromatic heterocycles. The molecular formula is C26H29N5O2S. The molecule has 1 amide bonds. The minimum Gasteiger partial charge on any atom is -0.492 e. The molecule has 0 atom stereocenters. The van der Waals surface area contributed by atoms with Crippen LogP contribution in [0, 0.1) is 6.92 Å². The maximum absolute atomic E-state index is 12.4. The fourth-order valence-electron chi connectivity index (χ4n) is 3.80. The van der Waals surface area contributed by atoms with Crippen molar-refractivity contribution < 1.29 is 9.53 Å². The molecule has 0 bridgehead atoms. The van der Waals surface area contributed by atoms with Gasteiger partial charge in [-0.1, -0.05) is 30.9 Å². The Labute approximate surface area is 204 Å². The SMILES string of the molecule is C=C1CC(=O)N(Nc2nc(-c3cccs3)nc(C)c2/C(C)=C/c2ccc(OCCNC)cc2)C1. The first-order valence-corrected chi connectivity index (χ1v) is 12.0. The fraction of sp³-hybridized carbons (Fsp3) is 0.269. The highest BCUT2D eigenvalue weighted by molar-refractivity contribution is 7.13. The molecule has 8 heteroatoms. The second kappa shape index (κ2) is 10.6. The first-order chi connectivity index (χ1) is 16.4. The highest BCUT2D eigenvalue weighted by Gasteiger charge is 2.25. The molecule has 0 radical (unpaired) electrons. The molecule has 34 heavy (non-hydrogen) atoms. The quantitative estimate of drug-likeness (QED) is 0.342. The van der Waals surface area contributed by atoms with Crippen molar-refractivity contribution in [2.24, 2.45) is 0 Å². The van der Waals surface area contributed by atoms with E-state index in [0.29, 0.717) is 31.2 Å². The Morgan fingerprint density at radius 2 is 2.06 bits per heavy atom. The minimum absolute atomic E-state index is 0.0135. The van der Waals surface area contributed by atoms with Gasteiger partial charge in [-0.15, -0.1) is 11.3 Å². The van der Waals surface area contributed by atoms with Gasteiger partial charge >= 0.3 is 0 Å². The van der Waals surface area contributed by atoms with Crippen LogP contribution in [0.25, 0.3) is 22.4 Å². The third-order valence-electron chi connectivity index (χ3n) is 5.43. The van der Waals surface area contributed by atoms with Gasteiger partial charge in [0.15, 0.2) is 11.6 Å². The van der Waals surface area contributed by atoms with Gasteiger partial charge in [0, 0.05) is 12.1 Å². The molecule has 3 aromatic rings. The number of rotatable bonds is 9. The summed E-state index contributed by atoms with van der Waals surface area (Å²) in [6.07, 6.45) is 2.44. The summed E-state index contributed by atoms with van der Waals surface area (Å²) in [5, 5.41) is 6.65. The number of nitrogens with zero attached hydrogens (tertiary/aromatic N) is 3. The van der Waals surface area contributed by atoms with Crippen LogP contribution in [0.5, 0.6) is 5.75 Å². The van der Waals surface area contributed by atoms with Crippen LogP contribution in [0.1, 0.15) is 30.2 Å². The van der Waals surface area contributed by atoms with Crippen LogP contribution in [-0.2, 0) is 4.79 Å². The lowest BCUT2D eigenvalue weighted by atomic mass is 10.0. The molecule has 1 fully saturated rings. The number of anilines is 1. The number of allylic oxidation sites excluding steroid dienone is 1. The number of thiophene rings is 1. The molecule has 1 aromatic carbocycles. The number of amides is 1. The van der Waals surface area contributed by atoms with Gasteiger partial charge in [0.1, 0.15) is 12.4 Å². The lowest BCUT2D eigenvalue weighted by molar-refractivity contribution is -0.126. The first-order valence-electron chi connectivity index (χ1n) is 11.2. The Bertz CT molecular complexity index is 1200. The fourth-order valence-corrected chi connectivity index (χ4v) is 4.46. The van der Waals surface area contributed by atoms with Gasteiger partial charge in [0.05, 0.1) is 23.5 Å². The van der Waals surface area contributed by atoms with E-state index in [1.54, 1.807) is 16.3 Å². The zero-order valence-corrected chi connectivity index (χ0v) is 20.5. The molecule has 0 spiro atoms. The van der Waals surface area contributed by atoms with E-state index < -0.39 is 0 Å². The van der Waals surface area contributed by atoms with Gasteiger partial charge < -0.3 is 10.1 Å². The van der Waals surface area contributed by atoms with E-state index in [1.165, 1.54) is 0 Å². The van der Waals surface area contributed by atoms with Crippen molar-refractivity contribution in [1.29, 1.82) is 0 Å². The van der Waals surface area contributed by atoms with Crippen molar-refractivity contribution in [3.8, 4) is 16.5 Å². The van der Waals surface area contributed by atoms with Crippen LogP contribution in [0.3, 0.4) is 0 Å². The summed E-state index contributed by atoms with van der Waals surface area (Å²) in [6.45, 7) is 9.84. The maximum Gasteiger partial charge on any atom is 0.245 e. The summed E-state index contributed by atoms with van der Waals surface area (Å²) in [4.78, 5) is 23.0. The number of hydrazine groups is 1. The predicted molar refractivity (Wildman–Crippen MR) is 139 cm³/mol. The molecular weight excluding hydrogens is 446 g/mol. The molecule has 7 nitrogen and oxygen atoms in total. The zero-order valence-electron chi connectivity index (χ0n) is 19.7. The van der Waals surface area contributed by atoms with Gasteiger partial charge in [-0.25, -0.2) is 9.97 Å². The summed E-state index contributed by atoms with van der Waals surface area (Å²) in [5.74, 6) is 2.07. The van der Waals surface area contributed by atoms with Gasteiger partial charge in [0.2, 0.25) is 5.91 Å². The Hall–Kier alpha value is -3.49. The van der Waals surface area contributed by atoms with E-state index in [0.717, 1.165) is 45.1 Å². The third kappa shape index (κ3) is 5.52. The van der Waals surface area contributed by atoms with Crippen molar-refractivity contribution in [3.05, 3.63) is 70.8 Å². The average Bonchev–Trinajstić information content (AvgIpc) is 3.44. The summed E-state index contributed by atoms with van der Waals surface area (Å²) < 4.78 is 5.71. The van der Waals surface area contributed by atoms with Gasteiger partial charge in [-0.3, -0.25) is 15.2 Å². The van der Waals surface area contributed by atoms with Gasteiger partial charge in [-0.05, 0) is 61.2 Å². The van der Waals surface area contributed by atoms with Crippen molar-refractivity contribution in [1.82, 2.24) is 20.3 Å². The van der Waals surface area contributed by atoms with Crippen molar-refractivity contribution >= 4 is 34.7 Å². The van der Waals surface area contributed by atoms with E-state index in [9.17, 15) is 4.79 Å². The second-order valence-corrected chi connectivity index (χ2v) is 9.15. The van der Waals surface area contributed by atoms with Crippen molar-refractivity contribution in [2.45, 2.75) is 20.3 Å². The largest absolute Gasteiger partial charge is 0.492 e. The normalized spacial score (nSPS) is 14.1. The highest BCUT2D eigenvalue weighted by atomic mass is 32.1. The monoisotopic (exact) mass is 475 g/mol. The number of carbonyl (C=O) groups excluding carboxylic acids is 1. The van der Waals surface area contributed by atoms with Crippen LogP contribution < -0.4 is 15.5 Å². The summed E-state index contributed by atoms with van der Waals surface area (Å²) in [6, 6.07) is 11.9. The number of ether oxygens (including phenoxy) is 1. The van der Waals surface area contributed by atoms with E-state index in [1.807, 2.05) is 62.7 Å². The van der Waals surface area contributed by atoms with Gasteiger partial charge in [-0.2, -0.15) is 0 Å². The molecule has 4 rings (SSSR count). The number of aryl methyl sites for hydroxylation is 1. The average molecular weight is 476 g/mol. The van der Waals surface area contributed by atoms with Crippen LogP contribution >= 0.6 is 11.3 Å². The lowest BCUT2D eigenvalue weighted by Crippen LogP contribution is -2.32. The van der Waals surface area contributed by atoms with Crippen LogP contribution in [0.2, 0.25) is 0 Å². The molecule has 0 unspecified atom stereocenters. The molecule has 3 heterocycles. The highest BCUT2D eigenvalue weighted by Crippen LogP contribution is 2.32. The van der Waals surface area contributed by atoms with E-state index in [4.69, 9.17) is 14.7 Å². The van der Waals surface area contributed by atoms with Crippen molar-refractivity contribution in [2.75, 3.05) is 32.2 Å². The van der Waals surface area contributed by atoms with Gasteiger partial charge in [0.25, 0.3) is 0 Å². The minimum atomic E-state index is -0.0135.